The molecule has 0 saturated heterocycles. The molecule has 0 aliphatic heterocycles. The van der Waals surface area contributed by atoms with E-state index in [1.807, 2.05) is 18.2 Å². The molecule has 3 aromatic rings. The van der Waals surface area contributed by atoms with Gasteiger partial charge in [0.2, 0.25) is 11.8 Å². The molecule has 3 rings (SSSR count). The molecular weight excluding hydrogens is 328 g/mol. The van der Waals surface area contributed by atoms with Crippen molar-refractivity contribution in [1.29, 1.82) is 0 Å². The van der Waals surface area contributed by atoms with E-state index in [0.29, 0.717) is 11.5 Å². The van der Waals surface area contributed by atoms with Crippen LogP contribution in [-0.4, -0.2) is 31.8 Å². The number of aromatic nitrogens is 4. The normalized spacial score (nSPS) is 11.0. The van der Waals surface area contributed by atoms with Crippen LogP contribution >= 0.6 is 11.3 Å². The first-order valence-electron chi connectivity index (χ1n) is 7.35. The Morgan fingerprint density at radius 1 is 1.29 bits per heavy atom. The van der Waals surface area contributed by atoms with Gasteiger partial charge in [0.1, 0.15) is 6.54 Å². The van der Waals surface area contributed by atoms with Crippen LogP contribution in [0, 0.1) is 5.92 Å². The lowest BCUT2D eigenvalue weighted by atomic mass is 10.2. The lowest BCUT2D eigenvalue weighted by Crippen LogP contribution is -2.19. The van der Waals surface area contributed by atoms with E-state index in [9.17, 15) is 9.59 Å². The highest BCUT2D eigenvalue weighted by Crippen LogP contribution is 2.21. The molecule has 24 heavy (non-hydrogen) atoms. The van der Waals surface area contributed by atoms with E-state index in [2.05, 4.69) is 25.9 Å². The third-order valence-corrected chi connectivity index (χ3v) is 4.04. The Morgan fingerprint density at radius 2 is 2.12 bits per heavy atom. The number of amides is 2. The van der Waals surface area contributed by atoms with Gasteiger partial charge in [-0.15, -0.1) is 16.4 Å². The van der Waals surface area contributed by atoms with Crippen molar-refractivity contribution in [3.63, 3.8) is 0 Å². The van der Waals surface area contributed by atoms with E-state index in [1.165, 1.54) is 10.9 Å². The second-order valence-electron chi connectivity index (χ2n) is 5.53. The largest absolute Gasteiger partial charge is 0.324 e. The first-order valence-corrected chi connectivity index (χ1v) is 8.23. The fourth-order valence-corrected chi connectivity index (χ4v) is 2.65. The van der Waals surface area contributed by atoms with Crippen molar-refractivity contribution >= 4 is 44.9 Å². The van der Waals surface area contributed by atoms with Gasteiger partial charge in [0.25, 0.3) is 0 Å². The molecule has 1 aromatic carbocycles. The highest BCUT2D eigenvalue weighted by Gasteiger charge is 2.11. The Hall–Kier alpha value is -2.81. The van der Waals surface area contributed by atoms with Gasteiger partial charge in [-0.3, -0.25) is 9.59 Å². The van der Waals surface area contributed by atoms with Gasteiger partial charge >= 0.3 is 0 Å². The zero-order chi connectivity index (χ0) is 17.1. The zero-order valence-corrected chi connectivity index (χ0v) is 14.0. The fourth-order valence-electron chi connectivity index (χ4n) is 1.99. The van der Waals surface area contributed by atoms with Crippen LogP contribution in [0.3, 0.4) is 0 Å². The maximum absolute atomic E-state index is 12.1. The maximum Gasteiger partial charge on any atom is 0.246 e. The summed E-state index contributed by atoms with van der Waals surface area (Å²) < 4.78 is 2.43. The SMILES string of the molecule is CC(C)C(=O)Nc1cn(CC(=O)Nc2ccc3scnc3c2)nn1. The number of hydrogen-bond acceptors (Lipinski definition) is 6. The number of carbonyl (C=O) groups excluding carboxylic acids is 2. The van der Waals surface area contributed by atoms with Gasteiger partial charge in [-0.1, -0.05) is 19.1 Å². The molecule has 2 heterocycles. The van der Waals surface area contributed by atoms with Gasteiger partial charge in [-0.2, -0.15) is 0 Å². The fraction of sp³-hybridized carbons (Fsp3) is 0.267. The zero-order valence-electron chi connectivity index (χ0n) is 13.2. The minimum absolute atomic E-state index is 0.000346. The maximum atomic E-state index is 12.1. The van der Waals surface area contributed by atoms with Gasteiger partial charge in [-0.25, -0.2) is 9.67 Å². The molecule has 2 aromatic heterocycles. The summed E-state index contributed by atoms with van der Waals surface area (Å²) in [6, 6.07) is 5.56. The number of nitrogens with zero attached hydrogens (tertiary/aromatic N) is 4. The van der Waals surface area contributed by atoms with E-state index in [1.54, 1.807) is 30.7 Å². The number of anilines is 2. The average Bonchev–Trinajstić information content (AvgIpc) is 3.15. The minimum Gasteiger partial charge on any atom is -0.324 e. The third-order valence-electron chi connectivity index (χ3n) is 3.23. The van der Waals surface area contributed by atoms with Gasteiger partial charge in [-0.05, 0) is 18.2 Å². The summed E-state index contributed by atoms with van der Waals surface area (Å²) in [4.78, 5) is 27.9. The van der Waals surface area contributed by atoms with Crippen molar-refractivity contribution in [2.75, 3.05) is 10.6 Å². The van der Waals surface area contributed by atoms with Crippen LogP contribution in [0.15, 0.2) is 29.9 Å². The Bertz CT molecular complexity index is 885. The van der Waals surface area contributed by atoms with E-state index in [-0.39, 0.29) is 24.3 Å². The second-order valence-corrected chi connectivity index (χ2v) is 6.41. The Labute approximate surface area is 141 Å². The van der Waals surface area contributed by atoms with Crippen molar-refractivity contribution in [3.8, 4) is 0 Å². The lowest BCUT2D eigenvalue weighted by Gasteiger charge is -2.05. The Balaban J connectivity index is 1.60. The smallest absolute Gasteiger partial charge is 0.246 e. The summed E-state index contributed by atoms with van der Waals surface area (Å²) in [6.45, 7) is 3.57. The predicted molar refractivity (Wildman–Crippen MR) is 91.7 cm³/mol. The summed E-state index contributed by atoms with van der Waals surface area (Å²) in [5.41, 5.74) is 3.28. The minimum atomic E-state index is -0.240. The molecule has 0 fully saturated rings. The van der Waals surface area contributed by atoms with Crippen molar-refractivity contribution in [2.45, 2.75) is 20.4 Å². The summed E-state index contributed by atoms with van der Waals surface area (Å²) in [6.07, 6.45) is 1.52. The molecule has 0 aliphatic carbocycles. The average molecular weight is 344 g/mol. The number of rotatable bonds is 5. The highest BCUT2D eigenvalue weighted by molar-refractivity contribution is 7.16. The Morgan fingerprint density at radius 3 is 2.92 bits per heavy atom. The third kappa shape index (κ3) is 3.74. The van der Waals surface area contributed by atoms with Crippen LogP contribution in [0.2, 0.25) is 0 Å². The molecule has 0 saturated carbocycles. The topological polar surface area (TPSA) is 102 Å². The second kappa shape index (κ2) is 6.75. The van der Waals surface area contributed by atoms with E-state index in [0.717, 1.165) is 10.2 Å². The van der Waals surface area contributed by atoms with Gasteiger partial charge < -0.3 is 10.6 Å². The lowest BCUT2D eigenvalue weighted by molar-refractivity contribution is -0.119. The molecule has 8 nitrogen and oxygen atoms in total. The molecule has 0 unspecified atom stereocenters. The summed E-state index contributed by atoms with van der Waals surface area (Å²) in [5, 5.41) is 13.1. The molecule has 0 atom stereocenters. The monoisotopic (exact) mass is 344 g/mol. The number of thiazole rings is 1. The molecule has 0 aliphatic rings. The number of carbonyl (C=O) groups is 2. The number of hydrogen-bond donors (Lipinski definition) is 2. The summed E-state index contributed by atoms with van der Waals surface area (Å²) in [7, 11) is 0. The van der Waals surface area contributed by atoms with E-state index in [4.69, 9.17) is 0 Å². The first-order chi connectivity index (χ1) is 11.5. The van der Waals surface area contributed by atoms with Crippen LogP contribution in [0.4, 0.5) is 11.5 Å². The van der Waals surface area contributed by atoms with Crippen molar-refractivity contribution in [3.05, 3.63) is 29.9 Å². The van der Waals surface area contributed by atoms with Crippen LogP contribution in [0.1, 0.15) is 13.8 Å². The first kappa shape index (κ1) is 16.1. The van der Waals surface area contributed by atoms with E-state index >= 15 is 0 Å². The molecule has 0 radical (unpaired) electrons. The Kier molecular flexibility index (Phi) is 4.52. The molecule has 2 amide bonds. The predicted octanol–water partition coefficient (Wildman–Crippen LogP) is 2.12. The number of benzene rings is 1. The molecule has 124 valence electrons. The van der Waals surface area contributed by atoms with Crippen molar-refractivity contribution in [2.24, 2.45) is 5.92 Å². The summed E-state index contributed by atoms with van der Waals surface area (Å²) >= 11 is 1.55. The highest BCUT2D eigenvalue weighted by atomic mass is 32.1. The van der Waals surface area contributed by atoms with Gasteiger partial charge in [0.15, 0.2) is 5.82 Å². The number of nitrogens with one attached hydrogen (secondary N) is 2. The quantitative estimate of drug-likeness (QED) is 0.738. The number of fused-ring (bicyclic) bond motifs is 1. The molecule has 9 heteroatoms. The molecule has 0 spiro atoms. The molecular formula is C15H16N6O2S. The van der Waals surface area contributed by atoms with Crippen LogP contribution in [-0.2, 0) is 16.1 Å². The van der Waals surface area contributed by atoms with Crippen LogP contribution < -0.4 is 10.6 Å². The molecule has 0 bridgehead atoms. The van der Waals surface area contributed by atoms with Crippen LogP contribution in [0.5, 0.6) is 0 Å². The molecule has 2 N–H and O–H groups in total. The summed E-state index contributed by atoms with van der Waals surface area (Å²) in [5.74, 6) is -0.219. The van der Waals surface area contributed by atoms with Crippen LogP contribution in [0.25, 0.3) is 10.2 Å². The van der Waals surface area contributed by atoms with Gasteiger partial charge in [0, 0.05) is 11.6 Å². The van der Waals surface area contributed by atoms with Gasteiger partial charge in [0.05, 0.1) is 21.9 Å². The van der Waals surface area contributed by atoms with Crippen molar-refractivity contribution < 1.29 is 9.59 Å². The van der Waals surface area contributed by atoms with E-state index < -0.39 is 0 Å². The standard InChI is InChI=1S/C15H16N6O2S/c1-9(2)15(23)18-13-6-21(20-19-13)7-14(22)17-10-3-4-12-11(5-10)16-8-24-12/h3-6,8-9H,7H2,1-2H3,(H,17,22)(H,18,23). The van der Waals surface area contributed by atoms with Crippen molar-refractivity contribution in [1.82, 2.24) is 20.0 Å².